The second-order valence-electron chi connectivity index (χ2n) is 10.2. The third kappa shape index (κ3) is 5.85. The molecule has 5 rings (SSSR count). The smallest absolute Gasteiger partial charge is 0.253 e. The number of aliphatic hydroxyl groups excluding tert-OH is 1. The number of nitrogens with one attached hydrogen (secondary N) is 2. The van der Waals surface area contributed by atoms with Crippen LogP contribution in [0, 0.1) is 18.6 Å². The highest BCUT2D eigenvalue weighted by Gasteiger charge is 2.26. The van der Waals surface area contributed by atoms with Crippen LogP contribution in [0.4, 0.5) is 20.3 Å². The Morgan fingerprint density at radius 1 is 1.17 bits per heavy atom. The number of aromatic amines is 1. The first kappa shape index (κ1) is 28.4. The van der Waals surface area contributed by atoms with Crippen molar-refractivity contribution in [3.63, 3.8) is 0 Å². The van der Waals surface area contributed by atoms with Crippen molar-refractivity contribution in [1.29, 1.82) is 0 Å². The largest absolute Gasteiger partial charge is 0.435 e. The van der Waals surface area contributed by atoms with E-state index >= 15 is 4.39 Å². The number of likely N-dealkylation sites (N-methyl/N-ethyl adjacent to an activating group) is 1. The molecule has 2 aromatic carbocycles. The van der Waals surface area contributed by atoms with Crippen LogP contribution in [0.2, 0.25) is 0 Å². The zero-order chi connectivity index (χ0) is 29.3. The van der Waals surface area contributed by atoms with Gasteiger partial charge in [-0.2, -0.15) is 0 Å². The Labute approximate surface area is 236 Å². The fourth-order valence-corrected chi connectivity index (χ4v) is 4.72. The van der Waals surface area contributed by atoms with Gasteiger partial charge in [0.15, 0.2) is 17.4 Å². The molecule has 1 aliphatic heterocycles. The molecule has 12 heteroatoms. The first-order chi connectivity index (χ1) is 19.7. The van der Waals surface area contributed by atoms with Crippen molar-refractivity contribution in [3.8, 4) is 11.6 Å². The van der Waals surface area contributed by atoms with Crippen LogP contribution < -0.4 is 10.1 Å². The molecule has 0 aliphatic carbocycles. The number of rotatable bonds is 8. The van der Waals surface area contributed by atoms with Gasteiger partial charge in [-0.25, -0.2) is 18.7 Å². The number of nitrogens with zero attached hydrogens (tertiary/aromatic N) is 5. The van der Waals surface area contributed by atoms with E-state index in [0.29, 0.717) is 36.6 Å². The molecule has 1 fully saturated rings. The summed E-state index contributed by atoms with van der Waals surface area (Å²) < 4.78 is 35.9. The van der Waals surface area contributed by atoms with Crippen LogP contribution in [0.25, 0.3) is 10.9 Å². The Hall–Kier alpha value is -4.13. The number of aliphatic hydroxyl groups is 1. The molecule has 4 aromatic rings. The normalized spacial score (nSPS) is 15.0. The van der Waals surface area contributed by atoms with Gasteiger partial charge in [0.1, 0.15) is 23.9 Å². The van der Waals surface area contributed by atoms with Gasteiger partial charge in [-0.15, -0.1) is 0 Å². The van der Waals surface area contributed by atoms with Crippen LogP contribution in [-0.4, -0.2) is 87.5 Å². The molecule has 3 heterocycles. The van der Waals surface area contributed by atoms with E-state index < -0.39 is 17.9 Å². The summed E-state index contributed by atoms with van der Waals surface area (Å²) in [5.74, 6) is -1.79. The van der Waals surface area contributed by atoms with Gasteiger partial charge in [0.05, 0.1) is 5.52 Å². The molecule has 0 radical (unpaired) electrons. The van der Waals surface area contributed by atoms with Crippen molar-refractivity contribution in [2.75, 3.05) is 52.1 Å². The van der Waals surface area contributed by atoms with Gasteiger partial charge < -0.3 is 29.9 Å². The summed E-state index contributed by atoms with van der Waals surface area (Å²) in [7, 11) is 3.73. The number of hydrogen-bond acceptors (Lipinski definition) is 8. The summed E-state index contributed by atoms with van der Waals surface area (Å²) >= 11 is 0. The Morgan fingerprint density at radius 2 is 1.88 bits per heavy atom. The number of carbonyl (C=O) groups excluding carboxylic acids is 1. The van der Waals surface area contributed by atoms with E-state index in [0.717, 1.165) is 19.2 Å². The molecule has 1 aliphatic rings. The SMILES string of the molecule is CCN(C)C(O)c1c(Nc2ccc(C(=O)N3CCN(C)CC3)cc2)ncnc1Oc1cc(F)c2[nH]c(C)cc2c1F. The van der Waals surface area contributed by atoms with E-state index in [2.05, 4.69) is 25.2 Å². The number of amides is 1. The van der Waals surface area contributed by atoms with Gasteiger partial charge in [-0.05, 0) is 57.9 Å². The van der Waals surface area contributed by atoms with Gasteiger partial charge >= 0.3 is 0 Å². The molecular formula is C29H33F2N7O3. The standard InChI is InChI=1S/C29H33F2N7O3/c1-5-37(4)29(40)23-26(35-19-8-6-18(7-9-19)28(39)38-12-10-36(3)11-13-38)32-16-33-27(23)41-22-15-21(30)25-20(24(22)31)14-17(2)34-25/h6-9,14-16,29,34,40H,5,10-13H2,1-4H3,(H,32,33,35). The highest BCUT2D eigenvalue weighted by Crippen LogP contribution is 2.37. The molecule has 216 valence electrons. The van der Waals surface area contributed by atoms with Gasteiger partial charge in [0.2, 0.25) is 5.88 Å². The quantitative estimate of drug-likeness (QED) is 0.270. The number of aromatic nitrogens is 3. The van der Waals surface area contributed by atoms with Gasteiger partial charge in [-0.1, -0.05) is 6.92 Å². The van der Waals surface area contributed by atoms with Crippen LogP contribution in [0.3, 0.4) is 0 Å². The highest BCUT2D eigenvalue weighted by atomic mass is 19.1. The fourth-order valence-electron chi connectivity index (χ4n) is 4.72. The molecular weight excluding hydrogens is 532 g/mol. The summed E-state index contributed by atoms with van der Waals surface area (Å²) in [6.45, 7) is 7.03. The van der Waals surface area contributed by atoms with Gasteiger partial charge in [0.25, 0.3) is 5.91 Å². The van der Waals surface area contributed by atoms with Gasteiger partial charge in [-0.3, -0.25) is 9.69 Å². The zero-order valence-electron chi connectivity index (χ0n) is 23.4. The molecule has 10 nitrogen and oxygen atoms in total. The predicted octanol–water partition coefficient (Wildman–Crippen LogP) is 4.41. The van der Waals surface area contributed by atoms with E-state index in [1.54, 1.807) is 43.1 Å². The Kier molecular flexibility index (Phi) is 8.15. The lowest BCUT2D eigenvalue weighted by atomic mass is 10.1. The average molecular weight is 566 g/mol. The van der Waals surface area contributed by atoms with Crippen molar-refractivity contribution in [2.45, 2.75) is 20.1 Å². The lowest BCUT2D eigenvalue weighted by Crippen LogP contribution is -2.47. The molecule has 1 atom stereocenters. The summed E-state index contributed by atoms with van der Waals surface area (Å²) in [5.41, 5.74) is 1.93. The van der Waals surface area contributed by atoms with Crippen LogP contribution in [0.1, 0.15) is 34.8 Å². The topological polar surface area (TPSA) is 110 Å². The average Bonchev–Trinajstić information content (AvgIpc) is 3.38. The number of ether oxygens (including phenoxy) is 1. The highest BCUT2D eigenvalue weighted by molar-refractivity contribution is 5.94. The molecule has 0 spiro atoms. The third-order valence-electron chi connectivity index (χ3n) is 7.32. The number of aryl methyl sites for hydroxylation is 1. The molecule has 2 aromatic heterocycles. The Morgan fingerprint density at radius 3 is 2.56 bits per heavy atom. The lowest BCUT2D eigenvalue weighted by Gasteiger charge is -2.32. The minimum absolute atomic E-state index is 0.0353. The fraction of sp³-hybridized carbons (Fsp3) is 0.345. The third-order valence-corrected chi connectivity index (χ3v) is 7.32. The second kappa shape index (κ2) is 11.8. The maximum Gasteiger partial charge on any atom is 0.253 e. The Bertz CT molecular complexity index is 1550. The lowest BCUT2D eigenvalue weighted by molar-refractivity contribution is 0.0229. The van der Waals surface area contributed by atoms with E-state index in [1.165, 1.54) is 12.4 Å². The molecule has 0 saturated carbocycles. The number of anilines is 2. The van der Waals surface area contributed by atoms with Crippen LogP contribution >= 0.6 is 0 Å². The summed E-state index contributed by atoms with van der Waals surface area (Å²) in [5, 5.41) is 14.4. The summed E-state index contributed by atoms with van der Waals surface area (Å²) in [4.78, 5) is 29.8. The number of fused-ring (bicyclic) bond motifs is 1. The summed E-state index contributed by atoms with van der Waals surface area (Å²) in [6.07, 6.45) is -0.0267. The zero-order valence-corrected chi connectivity index (χ0v) is 23.4. The molecule has 1 amide bonds. The first-order valence-electron chi connectivity index (χ1n) is 13.4. The predicted molar refractivity (Wildman–Crippen MR) is 151 cm³/mol. The van der Waals surface area contributed by atoms with E-state index in [9.17, 15) is 14.3 Å². The minimum atomic E-state index is -1.23. The van der Waals surface area contributed by atoms with Crippen molar-refractivity contribution >= 4 is 28.3 Å². The molecule has 3 N–H and O–H groups in total. The summed E-state index contributed by atoms with van der Waals surface area (Å²) in [6, 6.07) is 9.36. The number of H-pyrrole nitrogens is 1. The number of carbonyl (C=O) groups is 1. The molecule has 1 unspecified atom stereocenters. The van der Waals surface area contributed by atoms with Crippen LogP contribution in [-0.2, 0) is 0 Å². The van der Waals surface area contributed by atoms with Crippen LogP contribution in [0.15, 0.2) is 42.7 Å². The molecule has 41 heavy (non-hydrogen) atoms. The number of halogens is 2. The van der Waals surface area contributed by atoms with E-state index in [4.69, 9.17) is 4.74 Å². The maximum atomic E-state index is 15.3. The van der Waals surface area contributed by atoms with Gasteiger partial charge in [0, 0.05) is 54.6 Å². The van der Waals surface area contributed by atoms with Crippen molar-refractivity contribution < 1.29 is 23.4 Å². The maximum absolute atomic E-state index is 15.3. The second-order valence-corrected chi connectivity index (χ2v) is 10.2. The van der Waals surface area contributed by atoms with E-state index in [1.807, 2.05) is 18.9 Å². The molecule has 1 saturated heterocycles. The van der Waals surface area contributed by atoms with E-state index in [-0.39, 0.29) is 39.8 Å². The van der Waals surface area contributed by atoms with Crippen LogP contribution in [0.5, 0.6) is 11.6 Å². The van der Waals surface area contributed by atoms with Crippen molar-refractivity contribution in [3.05, 3.63) is 71.2 Å². The van der Waals surface area contributed by atoms with Crippen molar-refractivity contribution in [2.24, 2.45) is 0 Å². The minimum Gasteiger partial charge on any atom is -0.435 e. The van der Waals surface area contributed by atoms with Crippen molar-refractivity contribution in [1.82, 2.24) is 29.7 Å². The monoisotopic (exact) mass is 565 g/mol. The number of benzene rings is 2. The number of piperazine rings is 1. The first-order valence-corrected chi connectivity index (χ1v) is 13.4. The Balaban J connectivity index is 1.45. The number of hydrogen-bond donors (Lipinski definition) is 3. The molecule has 0 bridgehead atoms.